The van der Waals surface area contributed by atoms with Gasteiger partial charge in [0.1, 0.15) is 22.7 Å². The van der Waals surface area contributed by atoms with Gasteiger partial charge in [-0.15, -0.1) is 0 Å². The number of fused-ring (bicyclic) bond motifs is 2. The molecule has 6 heteroatoms. The number of hydrogen-bond acceptors (Lipinski definition) is 5. The van der Waals surface area contributed by atoms with E-state index in [4.69, 9.17) is 13.6 Å². The second kappa shape index (κ2) is 7.47. The van der Waals surface area contributed by atoms with E-state index in [1.165, 1.54) is 6.07 Å². The van der Waals surface area contributed by atoms with E-state index < -0.39 is 5.63 Å². The lowest BCUT2D eigenvalue weighted by molar-refractivity contribution is -0.123. The summed E-state index contributed by atoms with van der Waals surface area (Å²) in [5.74, 6) is 0.902. The minimum Gasteiger partial charge on any atom is -0.483 e. The molecule has 0 unspecified atom stereocenters. The number of nitrogens with one attached hydrogen (secondary N) is 1. The summed E-state index contributed by atoms with van der Waals surface area (Å²) in [6, 6.07) is 14.4. The van der Waals surface area contributed by atoms with E-state index in [0.717, 1.165) is 21.9 Å². The molecule has 0 bridgehead atoms. The fourth-order valence-electron chi connectivity index (χ4n) is 3.37. The summed E-state index contributed by atoms with van der Waals surface area (Å²) in [6.45, 7) is 5.35. The van der Waals surface area contributed by atoms with Gasteiger partial charge in [0.05, 0.1) is 6.04 Å². The van der Waals surface area contributed by atoms with Crippen molar-refractivity contribution in [3.05, 3.63) is 75.8 Å². The Labute approximate surface area is 167 Å². The van der Waals surface area contributed by atoms with E-state index in [2.05, 4.69) is 5.32 Å². The first kappa shape index (κ1) is 18.8. The van der Waals surface area contributed by atoms with E-state index in [1.54, 1.807) is 13.0 Å². The van der Waals surface area contributed by atoms with Gasteiger partial charge in [-0.05, 0) is 50.6 Å². The number of ether oxygens (including phenoxy) is 1. The third-order valence-electron chi connectivity index (χ3n) is 4.93. The molecule has 0 aliphatic rings. The molecule has 0 radical (unpaired) electrons. The molecule has 29 heavy (non-hydrogen) atoms. The third-order valence-corrected chi connectivity index (χ3v) is 4.93. The first-order valence-electron chi connectivity index (χ1n) is 9.37. The number of hydrogen-bond donors (Lipinski definition) is 1. The van der Waals surface area contributed by atoms with Crippen molar-refractivity contribution in [1.82, 2.24) is 5.32 Å². The maximum absolute atomic E-state index is 12.3. The molecule has 0 aliphatic heterocycles. The van der Waals surface area contributed by atoms with Crippen LogP contribution in [-0.2, 0) is 4.79 Å². The van der Waals surface area contributed by atoms with E-state index in [9.17, 15) is 9.59 Å². The zero-order valence-corrected chi connectivity index (χ0v) is 16.4. The molecule has 2 aromatic heterocycles. The van der Waals surface area contributed by atoms with E-state index >= 15 is 0 Å². The summed E-state index contributed by atoms with van der Waals surface area (Å²) in [5, 5.41) is 4.71. The van der Waals surface area contributed by atoms with Crippen molar-refractivity contribution < 1.29 is 18.4 Å². The topological polar surface area (TPSA) is 81.7 Å². The van der Waals surface area contributed by atoms with Gasteiger partial charge in [0.25, 0.3) is 5.91 Å². The normalized spacial score (nSPS) is 12.2. The van der Waals surface area contributed by atoms with Crippen LogP contribution in [0.15, 0.2) is 62.2 Å². The molecule has 0 fully saturated rings. The standard InChI is InChI=1S/C23H21NO5/c1-13-10-22(26)29-23-14(2)18(9-8-17(13)23)27-12-21(25)24-15(3)20-11-16-6-4-5-7-19(16)28-20/h4-11,15H,12H2,1-3H3,(H,24,25)/t15-/m0/s1. The van der Waals surface area contributed by atoms with Gasteiger partial charge in [-0.2, -0.15) is 0 Å². The number of para-hydroxylation sites is 1. The van der Waals surface area contributed by atoms with Crippen LogP contribution in [0.3, 0.4) is 0 Å². The van der Waals surface area contributed by atoms with Crippen molar-refractivity contribution in [2.24, 2.45) is 0 Å². The highest BCUT2D eigenvalue weighted by Gasteiger charge is 2.16. The van der Waals surface area contributed by atoms with Crippen LogP contribution >= 0.6 is 0 Å². The predicted molar refractivity (Wildman–Crippen MR) is 110 cm³/mol. The van der Waals surface area contributed by atoms with Crippen LogP contribution < -0.4 is 15.7 Å². The quantitative estimate of drug-likeness (QED) is 0.510. The van der Waals surface area contributed by atoms with Crippen LogP contribution in [0, 0.1) is 13.8 Å². The Kier molecular flexibility index (Phi) is 4.84. The minimum absolute atomic E-state index is 0.160. The number of furan rings is 1. The van der Waals surface area contributed by atoms with Crippen molar-refractivity contribution in [2.45, 2.75) is 26.8 Å². The molecule has 2 aromatic carbocycles. The molecule has 1 atom stereocenters. The molecule has 0 spiro atoms. The summed E-state index contributed by atoms with van der Waals surface area (Å²) in [6.07, 6.45) is 0. The zero-order chi connectivity index (χ0) is 20.5. The molecule has 0 saturated heterocycles. The van der Waals surface area contributed by atoms with E-state index in [-0.39, 0.29) is 18.6 Å². The Morgan fingerprint density at radius 1 is 1.10 bits per heavy atom. The van der Waals surface area contributed by atoms with Crippen LogP contribution in [0.25, 0.3) is 21.9 Å². The van der Waals surface area contributed by atoms with Crippen LogP contribution in [0.1, 0.15) is 29.9 Å². The highest BCUT2D eigenvalue weighted by molar-refractivity contribution is 5.85. The van der Waals surface area contributed by atoms with Gasteiger partial charge in [-0.3, -0.25) is 4.79 Å². The van der Waals surface area contributed by atoms with Crippen molar-refractivity contribution in [3.63, 3.8) is 0 Å². The Bertz CT molecular complexity index is 1230. The molecule has 4 aromatic rings. The lowest BCUT2D eigenvalue weighted by Gasteiger charge is -2.14. The molecule has 0 saturated carbocycles. The highest BCUT2D eigenvalue weighted by Crippen LogP contribution is 2.28. The second-order valence-electron chi connectivity index (χ2n) is 7.08. The van der Waals surface area contributed by atoms with Crippen molar-refractivity contribution in [2.75, 3.05) is 6.61 Å². The first-order valence-corrected chi connectivity index (χ1v) is 9.37. The molecule has 4 rings (SSSR count). The summed E-state index contributed by atoms with van der Waals surface area (Å²) >= 11 is 0. The van der Waals surface area contributed by atoms with Crippen LogP contribution in [0.4, 0.5) is 0 Å². The Balaban J connectivity index is 1.45. The second-order valence-corrected chi connectivity index (χ2v) is 7.08. The average molecular weight is 391 g/mol. The van der Waals surface area contributed by atoms with Gasteiger partial charge in [-0.1, -0.05) is 18.2 Å². The van der Waals surface area contributed by atoms with Gasteiger partial charge in [0.15, 0.2) is 6.61 Å². The molecule has 0 aliphatic carbocycles. The van der Waals surface area contributed by atoms with Gasteiger partial charge < -0.3 is 18.9 Å². The monoisotopic (exact) mass is 391 g/mol. The molecule has 2 heterocycles. The fourth-order valence-corrected chi connectivity index (χ4v) is 3.37. The van der Waals surface area contributed by atoms with Crippen LogP contribution in [0.5, 0.6) is 5.75 Å². The SMILES string of the molecule is Cc1cc(=O)oc2c(C)c(OCC(=O)N[C@@H](C)c3cc4ccccc4o3)ccc12. The smallest absolute Gasteiger partial charge is 0.336 e. The minimum atomic E-state index is -0.410. The largest absolute Gasteiger partial charge is 0.483 e. The van der Waals surface area contributed by atoms with Gasteiger partial charge in [-0.25, -0.2) is 4.79 Å². The number of aryl methyl sites for hydroxylation is 2. The summed E-state index contributed by atoms with van der Waals surface area (Å²) in [4.78, 5) is 24.0. The van der Waals surface area contributed by atoms with Gasteiger partial charge >= 0.3 is 5.63 Å². The van der Waals surface area contributed by atoms with Gasteiger partial charge in [0.2, 0.25) is 0 Å². The van der Waals surface area contributed by atoms with E-state index in [0.29, 0.717) is 22.7 Å². The molecule has 6 nitrogen and oxygen atoms in total. The number of rotatable bonds is 5. The Hall–Kier alpha value is -3.54. The van der Waals surface area contributed by atoms with Crippen molar-refractivity contribution >= 4 is 27.8 Å². The maximum atomic E-state index is 12.3. The summed E-state index contributed by atoms with van der Waals surface area (Å²) < 4.78 is 16.8. The van der Waals surface area contributed by atoms with Crippen molar-refractivity contribution in [1.29, 1.82) is 0 Å². The summed E-state index contributed by atoms with van der Waals surface area (Å²) in [7, 11) is 0. The molecule has 148 valence electrons. The molecular formula is C23H21NO5. The Morgan fingerprint density at radius 3 is 2.69 bits per heavy atom. The third kappa shape index (κ3) is 3.74. The van der Waals surface area contributed by atoms with Crippen molar-refractivity contribution in [3.8, 4) is 5.75 Å². The predicted octanol–water partition coefficient (Wildman–Crippen LogP) is 4.41. The van der Waals surface area contributed by atoms with Crippen LogP contribution in [-0.4, -0.2) is 12.5 Å². The number of carbonyl (C=O) groups is 1. The number of amides is 1. The van der Waals surface area contributed by atoms with Gasteiger partial charge in [0, 0.05) is 22.4 Å². The molecule has 1 amide bonds. The lowest BCUT2D eigenvalue weighted by Crippen LogP contribution is -2.31. The lowest BCUT2D eigenvalue weighted by atomic mass is 10.1. The fraction of sp³-hybridized carbons (Fsp3) is 0.217. The average Bonchev–Trinajstić information content (AvgIpc) is 3.12. The molecule has 1 N–H and O–H groups in total. The number of carbonyl (C=O) groups excluding carboxylic acids is 1. The summed E-state index contributed by atoms with van der Waals surface area (Å²) in [5.41, 5.74) is 2.37. The maximum Gasteiger partial charge on any atom is 0.336 e. The van der Waals surface area contributed by atoms with E-state index in [1.807, 2.05) is 50.2 Å². The Morgan fingerprint density at radius 2 is 1.90 bits per heavy atom. The first-order chi connectivity index (χ1) is 13.9. The number of benzene rings is 2. The van der Waals surface area contributed by atoms with Crippen LogP contribution in [0.2, 0.25) is 0 Å². The highest BCUT2D eigenvalue weighted by atomic mass is 16.5. The molecular weight excluding hydrogens is 370 g/mol. The zero-order valence-electron chi connectivity index (χ0n) is 16.4.